The molecule has 45 heavy (non-hydrogen) atoms. The Hall–Kier alpha value is -3.79. The number of benzene rings is 4. The van der Waals surface area contributed by atoms with Crippen LogP contribution in [-0.4, -0.2) is 0 Å². The molecule has 0 radical (unpaired) electrons. The third kappa shape index (κ3) is 6.09. The molecule has 0 atom stereocenters. The number of hydrogen-bond acceptors (Lipinski definition) is 3. The van der Waals surface area contributed by atoms with Crippen LogP contribution < -0.4 is 5.32 Å². The lowest BCUT2D eigenvalue weighted by molar-refractivity contribution is 0.972. The van der Waals surface area contributed by atoms with Crippen LogP contribution in [0.4, 0.5) is 5.69 Å². The van der Waals surface area contributed by atoms with Crippen molar-refractivity contribution in [2.45, 2.75) is 72.1 Å². The van der Waals surface area contributed by atoms with E-state index in [2.05, 4.69) is 124 Å². The van der Waals surface area contributed by atoms with Gasteiger partial charge in [-0.05, 0) is 145 Å². The van der Waals surface area contributed by atoms with E-state index in [-0.39, 0.29) is 0 Å². The van der Waals surface area contributed by atoms with Gasteiger partial charge in [0.2, 0.25) is 0 Å². The second kappa shape index (κ2) is 13.3. The van der Waals surface area contributed by atoms with Crippen molar-refractivity contribution in [2.24, 2.45) is 0 Å². The molecule has 0 amide bonds. The molecule has 0 unspecified atom stereocenters. The highest BCUT2D eigenvalue weighted by Gasteiger charge is 2.18. The number of thiol groups is 1. The predicted molar refractivity (Wildman–Crippen MR) is 203 cm³/mol. The molecule has 3 heteroatoms. The molecular formula is C42H43NS2. The Bertz CT molecular complexity index is 1940. The second-order valence-electron chi connectivity index (χ2n) is 12.0. The maximum Gasteiger partial charge on any atom is 0.0382 e. The molecule has 0 aliphatic heterocycles. The van der Waals surface area contributed by atoms with Crippen LogP contribution >= 0.6 is 24.0 Å². The van der Waals surface area contributed by atoms with Gasteiger partial charge in [-0.2, -0.15) is 0 Å². The van der Waals surface area contributed by atoms with Gasteiger partial charge in [0.25, 0.3) is 0 Å². The van der Waals surface area contributed by atoms with Crippen LogP contribution in [0.3, 0.4) is 0 Å². The number of fused-ring (bicyclic) bond motifs is 3. The van der Waals surface area contributed by atoms with E-state index in [0.717, 1.165) is 29.8 Å². The van der Waals surface area contributed by atoms with Crippen LogP contribution in [0.25, 0.3) is 44.0 Å². The quantitative estimate of drug-likeness (QED) is 0.185. The molecule has 4 aromatic carbocycles. The van der Waals surface area contributed by atoms with Gasteiger partial charge in [-0.3, -0.25) is 0 Å². The Labute approximate surface area is 278 Å². The maximum absolute atomic E-state index is 4.82. The molecule has 5 aromatic rings. The van der Waals surface area contributed by atoms with E-state index in [1.165, 1.54) is 88.3 Å². The molecule has 1 heterocycles. The molecule has 1 N–H and O–H groups in total. The maximum atomic E-state index is 4.82. The summed E-state index contributed by atoms with van der Waals surface area (Å²) in [6, 6.07) is 24.7. The van der Waals surface area contributed by atoms with Crippen molar-refractivity contribution in [2.75, 3.05) is 5.32 Å². The fourth-order valence-corrected chi connectivity index (χ4v) is 8.14. The van der Waals surface area contributed by atoms with Crippen LogP contribution in [0.1, 0.15) is 71.4 Å². The smallest absolute Gasteiger partial charge is 0.0382 e. The molecule has 2 aliphatic rings. The van der Waals surface area contributed by atoms with Gasteiger partial charge in [0.15, 0.2) is 0 Å². The highest BCUT2D eigenvalue weighted by Crippen LogP contribution is 2.39. The average Bonchev–Trinajstić information content (AvgIpc) is 3.47. The summed E-state index contributed by atoms with van der Waals surface area (Å²) in [7, 11) is 0. The third-order valence-corrected chi connectivity index (χ3v) is 11.3. The molecule has 7 rings (SSSR count). The number of nitrogens with one attached hydrogen (secondary N) is 1. The van der Waals surface area contributed by atoms with E-state index in [4.69, 9.17) is 12.6 Å². The Morgan fingerprint density at radius 3 is 1.98 bits per heavy atom. The summed E-state index contributed by atoms with van der Waals surface area (Å²) >= 11 is 6.78. The summed E-state index contributed by atoms with van der Waals surface area (Å²) < 4.78 is 1.39. The van der Waals surface area contributed by atoms with E-state index >= 15 is 0 Å². The van der Waals surface area contributed by atoms with E-state index in [9.17, 15) is 0 Å². The van der Waals surface area contributed by atoms with Gasteiger partial charge in [0, 0.05) is 31.2 Å². The van der Waals surface area contributed by atoms with Crippen molar-refractivity contribution < 1.29 is 0 Å². The van der Waals surface area contributed by atoms with E-state index in [1.807, 2.05) is 25.2 Å². The topological polar surface area (TPSA) is 12.0 Å². The molecule has 0 saturated carbocycles. The lowest BCUT2D eigenvalue weighted by Crippen LogP contribution is -2.06. The summed E-state index contributed by atoms with van der Waals surface area (Å²) in [4.78, 5) is 2.65. The van der Waals surface area contributed by atoms with Crippen LogP contribution in [-0.2, 0) is 6.42 Å². The first-order valence-corrected chi connectivity index (χ1v) is 17.5. The number of rotatable bonds is 5. The summed E-state index contributed by atoms with van der Waals surface area (Å²) in [5.74, 6) is 0. The van der Waals surface area contributed by atoms with Crippen molar-refractivity contribution in [1.29, 1.82) is 0 Å². The Morgan fingerprint density at radius 1 is 0.667 bits per heavy atom. The Kier molecular flexibility index (Phi) is 9.21. The zero-order valence-corrected chi connectivity index (χ0v) is 29.1. The van der Waals surface area contributed by atoms with Crippen LogP contribution in [0.5, 0.6) is 0 Å². The van der Waals surface area contributed by atoms with Gasteiger partial charge in [-0.1, -0.05) is 74.5 Å². The Balaban J connectivity index is 0.00000175. The molecule has 228 valence electrons. The van der Waals surface area contributed by atoms with Crippen molar-refractivity contribution in [3.05, 3.63) is 129 Å². The fourth-order valence-electron chi connectivity index (χ4n) is 6.68. The number of allylic oxidation sites excluding steroid dienone is 5. The number of aryl methyl sites for hydroxylation is 1. The standard InChI is InChI=1S/C40H37NS2.C2H6/c1-24-25(2)39(27(4)40(42)26(24)3)31-15-20-34(21-16-31)41-33-18-13-29(14-19-33)28-9-11-30(12-10-28)32-17-22-38-36(23-32)35-7-5-6-8-37(35)43-38;1-2/h5,7,9-15,17-20,22-23,41-42H,6,8,16,21H2,1-4H3;1-2H3. The summed E-state index contributed by atoms with van der Waals surface area (Å²) in [5, 5.41) is 5.05. The molecule has 2 aliphatic carbocycles. The van der Waals surface area contributed by atoms with Crippen molar-refractivity contribution in [3.63, 3.8) is 0 Å². The first-order chi connectivity index (χ1) is 21.9. The van der Waals surface area contributed by atoms with Gasteiger partial charge in [0.1, 0.15) is 0 Å². The summed E-state index contributed by atoms with van der Waals surface area (Å²) in [6.07, 6.45) is 13.5. The zero-order valence-electron chi connectivity index (χ0n) is 27.3. The van der Waals surface area contributed by atoms with Gasteiger partial charge >= 0.3 is 0 Å². The van der Waals surface area contributed by atoms with Crippen molar-refractivity contribution in [1.82, 2.24) is 0 Å². The monoisotopic (exact) mass is 625 g/mol. The fraction of sp³-hybridized carbons (Fsp3) is 0.238. The number of hydrogen-bond donors (Lipinski definition) is 2. The first kappa shape index (κ1) is 31.2. The highest BCUT2D eigenvalue weighted by molar-refractivity contribution is 7.80. The predicted octanol–water partition coefficient (Wildman–Crippen LogP) is 12.9. The largest absolute Gasteiger partial charge is 0.359 e. The molecule has 0 fully saturated rings. The van der Waals surface area contributed by atoms with Crippen LogP contribution in [0, 0.1) is 27.7 Å². The van der Waals surface area contributed by atoms with Crippen molar-refractivity contribution in [3.8, 4) is 22.3 Å². The SMILES string of the molecule is CC.Cc1c(C)c(S)c(C)c(C2=CC=C(Nc3ccc(-c4ccc(-c5ccc6sc7c(c6c5)C=CCC7)cc4)cc3)CC2)c1C. The third-order valence-electron chi connectivity index (χ3n) is 9.42. The van der Waals surface area contributed by atoms with Gasteiger partial charge in [0.05, 0.1) is 0 Å². The zero-order chi connectivity index (χ0) is 31.7. The molecule has 1 nitrogen and oxygen atoms in total. The minimum atomic E-state index is 0.999. The molecule has 0 bridgehead atoms. The van der Waals surface area contributed by atoms with Crippen LogP contribution in [0.2, 0.25) is 0 Å². The minimum absolute atomic E-state index is 0.999. The lowest BCUT2D eigenvalue weighted by atomic mass is 9.86. The number of anilines is 1. The van der Waals surface area contributed by atoms with Crippen molar-refractivity contribution >= 4 is 51.4 Å². The first-order valence-electron chi connectivity index (χ1n) is 16.3. The molecule has 0 saturated heterocycles. The number of thiophene rings is 1. The van der Waals surface area contributed by atoms with E-state index in [1.54, 1.807) is 0 Å². The van der Waals surface area contributed by atoms with Crippen LogP contribution in [0.15, 0.2) is 95.6 Å². The second-order valence-corrected chi connectivity index (χ2v) is 13.6. The average molecular weight is 626 g/mol. The van der Waals surface area contributed by atoms with E-state index < -0.39 is 0 Å². The normalized spacial score (nSPS) is 13.9. The lowest BCUT2D eigenvalue weighted by Gasteiger charge is -2.23. The Morgan fingerprint density at radius 2 is 1.31 bits per heavy atom. The molecular weight excluding hydrogens is 583 g/mol. The summed E-state index contributed by atoms with van der Waals surface area (Å²) in [5.41, 5.74) is 16.9. The van der Waals surface area contributed by atoms with E-state index in [0.29, 0.717) is 0 Å². The van der Waals surface area contributed by atoms with Gasteiger partial charge in [-0.25, -0.2) is 0 Å². The van der Waals surface area contributed by atoms with Gasteiger partial charge < -0.3 is 5.32 Å². The summed E-state index contributed by atoms with van der Waals surface area (Å²) in [6.45, 7) is 12.8. The molecule has 0 spiro atoms. The van der Waals surface area contributed by atoms with Gasteiger partial charge in [-0.15, -0.1) is 24.0 Å². The molecule has 1 aromatic heterocycles. The highest BCUT2D eigenvalue weighted by atomic mass is 32.1. The minimum Gasteiger partial charge on any atom is -0.359 e.